The number of hydrogen-bond donors (Lipinski definition) is 2. The molecule has 2 N–H and O–H groups in total. The molecule has 0 atom stereocenters. The second-order valence-electron chi connectivity index (χ2n) is 5.10. The summed E-state index contributed by atoms with van der Waals surface area (Å²) >= 11 is 0. The van der Waals surface area contributed by atoms with E-state index in [-0.39, 0.29) is 23.3 Å². The predicted molar refractivity (Wildman–Crippen MR) is 85.9 cm³/mol. The fourth-order valence-electron chi connectivity index (χ4n) is 2.44. The van der Waals surface area contributed by atoms with E-state index in [1.54, 1.807) is 6.07 Å². The number of halogens is 1. The van der Waals surface area contributed by atoms with Crippen LogP contribution in [-0.4, -0.2) is 27.5 Å². The molecule has 1 saturated heterocycles. The first-order valence-electron chi connectivity index (χ1n) is 6.81. The molecule has 1 aliphatic heterocycles. The lowest BCUT2D eigenvalue weighted by atomic mass is 10.1. The van der Waals surface area contributed by atoms with Crippen LogP contribution in [0.2, 0.25) is 0 Å². The second kappa shape index (κ2) is 6.78. The van der Waals surface area contributed by atoms with Crippen molar-refractivity contribution in [3.63, 3.8) is 0 Å². The number of sulfonamides is 1. The molecule has 0 bridgehead atoms. The van der Waals surface area contributed by atoms with Gasteiger partial charge in [0.25, 0.3) is 0 Å². The van der Waals surface area contributed by atoms with E-state index >= 15 is 0 Å². The van der Waals surface area contributed by atoms with Crippen molar-refractivity contribution < 1.29 is 12.8 Å². The van der Waals surface area contributed by atoms with E-state index in [1.165, 1.54) is 24.3 Å². The van der Waals surface area contributed by atoms with E-state index in [4.69, 9.17) is 4.42 Å². The zero-order valence-corrected chi connectivity index (χ0v) is 13.4. The summed E-state index contributed by atoms with van der Waals surface area (Å²) in [6.07, 6.45) is 1.56. The van der Waals surface area contributed by atoms with Gasteiger partial charge in [-0.25, -0.2) is 17.9 Å². The van der Waals surface area contributed by atoms with Crippen LogP contribution in [0.4, 0.5) is 0 Å². The molecule has 8 heteroatoms. The average Bonchev–Trinajstić information content (AvgIpc) is 2.47. The Kier molecular flexibility index (Phi) is 5.23. The van der Waals surface area contributed by atoms with Crippen LogP contribution < -0.4 is 15.7 Å². The Balaban J connectivity index is 0.00000176. The van der Waals surface area contributed by atoms with Crippen LogP contribution in [0.5, 0.6) is 0 Å². The van der Waals surface area contributed by atoms with Gasteiger partial charge in [-0.2, -0.15) is 0 Å². The summed E-state index contributed by atoms with van der Waals surface area (Å²) in [6, 6.07) is 7.27. The first-order chi connectivity index (χ1) is 10.0. The number of benzene rings is 1. The van der Waals surface area contributed by atoms with E-state index in [0.29, 0.717) is 11.0 Å². The molecule has 0 radical (unpaired) electrons. The minimum atomic E-state index is -3.56. The minimum Gasteiger partial charge on any atom is -0.423 e. The summed E-state index contributed by atoms with van der Waals surface area (Å²) in [4.78, 5) is 11.3. The van der Waals surface area contributed by atoms with Gasteiger partial charge >= 0.3 is 5.63 Å². The molecule has 3 rings (SSSR count). The third-order valence-corrected chi connectivity index (χ3v) is 5.08. The SMILES string of the molecule is Cl.O=c1ccc2cc(S(=O)(=O)NC3CCNCC3)ccc2o1. The van der Waals surface area contributed by atoms with Gasteiger partial charge in [-0.15, -0.1) is 12.4 Å². The molecule has 0 aliphatic carbocycles. The highest BCUT2D eigenvalue weighted by molar-refractivity contribution is 7.89. The molecule has 0 unspecified atom stereocenters. The molecule has 0 saturated carbocycles. The van der Waals surface area contributed by atoms with Crippen molar-refractivity contribution in [2.45, 2.75) is 23.8 Å². The average molecular weight is 345 g/mol. The van der Waals surface area contributed by atoms with E-state index in [0.717, 1.165) is 25.9 Å². The highest BCUT2D eigenvalue weighted by atomic mass is 35.5. The Hall–Kier alpha value is -1.41. The highest BCUT2D eigenvalue weighted by Gasteiger charge is 2.21. The summed E-state index contributed by atoms with van der Waals surface area (Å²) in [5, 5.41) is 3.78. The molecule has 1 fully saturated rings. The minimum absolute atomic E-state index is 0. The van der Waals surface area contributed by atoms with E-state index in [2.05, 4.69) is 10.0 Å². The fraction of sp³-hybridized carbons (Fsp3) is 0.357. The van der Waals surface area contributed by atoms with Gasteiger partial charge in [0.05, 0.1) is 4.90 Å². The number of piperidine rings is 1. The van der Waals surface area contributed by atoms with Crippen molar-refractivity contribution in [3.8, 4) is 0 Å². The van der Waals surface area contributed by atoms with Crippen molar-refractivity contribution in [1.82, 2.24) is 10.0 Å². The summed E-state index contributed by atoms with van der Waals surface area (Å²) in [5.41, 5.74) is -0.0748. The maximum absolute atomic E-state index is 12.4. The molecule has 1 aromatic heterocycles. The van der Waals surface area contributed by atoms with Crippen LogP contribution in [0.25, 0.3) is 11.0 Å². The Morgan fingerprint density at radius 3 is 2.59 bits per heavy atom. The van der Waals surface area contributed by atoms with Gasteiger partial charge in [-0.05, 0) is 50.2 Å². The Labute approximate surface area is 134 Å². The quantitative estimate of drug-likeness (QED) is 0.818. The van der Waals surface area contributed by atoms with E-state index in [1.807, 2.05) is 0 Å². The van der Waals surface area contributed by atoms with Crippen molar-refractivity contribution in [3.05, 3.63) is 40.8 Å². The van der Waals surface area contributed by atoms with Crippen molar-refractivity contribution in [2.75, 3.05) is 13.1 Å². The Bertz CT molecular complexity index is 813. The van der Waals surface area contributed by atoms with Crippen molar-refractivity contribution in [1.29, 1.82) is 0 Å². The molecule has 0 spiro atoms. The largest absolute Gasteiger partial charge is 0.423 e. The third kappa shape index (κ3) is 3.67. The van der Waals surface area contributed by atoms with Gasteiger partial charge in [0.1, 0.15) is 5.58 Å². The number of nitrogens with one attached hydrogen (secondary N) is 2. The van der Waals surface area contributed by atoms with Crippen LogP contribution in [-0.2, 0) is 10.0 Å². The topological polar surface area (TPSA) is 88.4 Å². The van der Waals surface area contributed by atoms with Gasteiger partial charge in [0.2, 0.25) is 10.0 Å². The molecule has 120 valence electrons. The normalized spacial score (nSPS) is 16.4. The maximum atomic E-state index is 12.4. The van der Waals surface area contributed by atoms with Gasteiger partial charge in [0, 0.05) is 17.5 Å². The summed E-state index contributed by atoms with van der Waals surface area (Å²) in [5.74, 6) is 0. The number of hydrogen-bond acceptors (Lipinski definition) is 5. The molecule has 2 heterocycles. The van der Waals surface area contributed by atoms with Gasteiger partial charge < -0.3 is 9.73 Å². The first-order valence-corrected chi connectivity index (χ1v) is 8.30. The maximum Gasteiger partial charge on any atom is 0.336 e. The zero-order chi connectivity index (χ0) is 14.9. The Morgan fingerprint density at radius 1 is 1.14 bits per heavy atom. The molecular weight excluding hydrogens is 328 g/mol. The molecule has 2 aromatic rings. The smallest absolute Gasteiger partial charge is 0.336 e. The first kappa shape index (κ1) is 17.0. The molecular formula is C14H17ClN2O4S. The van der Waals surface area contributed by atoms with Crippen molar-refractivity contribution in [2.24, 2.45) is 0 Å². The van der Waals surface area contributed by atoms with Gasteiger partial charge in [-0.1, -0.05) is 0 Å². The van der Waals surface area contributed by atoms with Gasteiger partial charge in [0.15, 0.2) is 0 Å². The standard InChI is InChI=1S/C14H16N2O4S.ClH/c17-14-4-1-10-9-12(2-3-13(10)20-14)21(18,19)16-11-5-7-15-8-6-11;/h1-4,9,11,15-16H,5-8H2;1H. The number of fused-ring (bicyclic) bond motifs is 1. The van der Waals surface area contributed by atoms with E-state index in [9.17, 15) is 13.2 Å². The summed E-state index contributed by atoms with van der Waals surface area (Å²) in [7, 11) is -3.56. The molecule has 22 heavy (non-hydrogen) atoms. The summed E-state index contributed by atoms with van der Waals surface area (Å²) in [6.45, 7) is 1.63. The predicted octanol–water partition coefficient (Wildman–Crippen LogP) is 1.25. The molecule has 1 aromatic carbocycles. The van der Waals surface area contributed by atoms with Crippen LogP contribution >= 0.6 is 12.4 Å². The third-order valence-electron chi connectivity index (χ3n) is 3.56. The number of rotatable bonds is 3. The van der Waals surface area contributed by atoms with Gasteiger partial charge in [-0.3, -0.25) is 0 Å². The summed E-state index contributed by atoms with van der Waals surface area (Å²) < 4.78 is 32.5. The van der Waals surface area contributed by atoms with Crippen LogP contribution in [0.1, 0.15) is 12.8 Å². The molecule has 1 aliphatic rings. The fourth-order valence-corrected chi connectivity index (χ4v) is 3.78. The lowest BCUT2D eigenvalue weighted by molar-refractivity contribution is 0.427. The van der Waals surface area contributed by atoms with Crippen LogP contribution in [0.3, 0.4) is 0 Å². The lowest BCUT2D eigenvalue weighted by Crippen LogP contribution is -2.42. The molecule has 6 nitrogen and oxygen atoms in total. The molecule has 0 amide bonds. The van der Waals surface area contributed by atoms with Crippen molar-refractivity contribution >= 4 is 33.4 Å². The lowest BCUT2D eigenvalue weighted by Gasteiger charge is -2.23. The van der Waals surface area contributed by atoms with E-state index < -0.39 is 15.6 Å². The Morgan fingerprint density at radius 2 is 1.86 bits per heavy atom. The monoisotopic (exact) mass is 344 g/mol. The zero-order valence-electron chi connectivity index (χ0n) is 11.7. The van der Waals surface area contributed by atoms with Crippen LogP contribution in [0.15, 0.2) is 44.4 Å². The second-order valence-corrected chi connectivity index (χ2v) is 6.81. The van der Waals surface area contributed by atoms with Crippen LogP contribution in [0, 0.1) is 0 Å². The highest BCUT2D eigenvalue weighted by Crippen LogP contribution is 2.18.